The molecule has 0 aromatic carbocycles. The van der Waals surface area contributed by atoms with Crippen molar-refractivity contribution in [2.24, 2.45) is 0 Å². The Hall–Kier alpha value is 0.320. The molecule has 0 aromatic rings. The average Bonchev–Trinajstić information content (AvgIpc) is 1.98. The summed E-state index contributed by atoms with van der Waals surface area (Å²) in [6.45, 7) is 0.296. The van der Waals surface area contributed by atoms with Gasteiger partial charge in [0.25, 0.3) is 5.91 Å². The van der Waals surface area contributed by atoms with Gasteiger partial charge in [-0.25, -0.2) is 3.93 Å². The zero-order chi connectivity index (χ0) is 7.02. The molecule has 0 unspecified atom stereocenters. The van der Waals surface area contributed by atoms with Gasteiger partial charge in [0.05, 0.1) is 32.3 Å². The van der Waals surface area contributed by atoms with Gasteiger partial charge in [0.2, 0.25) is 0 Å². The normalized spacial score (nSPS) is 19.8. The first kappa shape index (κ1) is 7.43. The van der Waals surface area contributed by atoms with E-state index in [1.165, 1.54) is 7.85 Å². The van der Waals surface area contributed by atoms with Crippen LogP contribution in [-0.4, -0.2) is 25.4 Å². The van der Waals surface area contributed by atoms with Crippen molar-refractivity contribution in [3.8, 4) is 0 Å². The summed E-state index contributed by atoms with van der Waals surface area (Å²) in [5.74, 6) is -0.0584. The van der Waals surface area contributed by atoms with Crippen LogP contribution in [0.2, 0.25) is 0 Å². The lowest BCUT2D eigenvalue weighted by Gasteiger charge is -2.05. The molecule has 6 heteroatoms. The maximum absolute atomic E-state index is 10.7. The topological polar surface area (TPSA) is 23.6 Å². The molecule has 1 aliphatic rings. The van der Waals surface area contributed by atoms with E-state index in [-0.39, 0.29) is 5.91 Å². The fourth-order valence-corrected chi connectivity index (χ4v) is 1.51. The molecule has 0 radical (unpaired) electrons. The lowest BCUT2D eigenvalue weighted by atomic mass is 10.7. The minimum atomic E-state index is -0.0584. The van der Waals surface area contributed by atoms with Gasteiger partial charge >= 0.3 is 0 Å². The molecule has 0 N–H and O–H groups in total. The highest BCUT2D eigenvalue weighted by Gasteiger charge is 2.29. The minimum Gasteiger partial charge on any atom is -0.275 e. The number of nitrogens with zero attached hydrogens (tertiary/aromatic N) is 2. The molecule has 1 rings (SSSR count). The molecule has 0 aromatic heterocycles. The van der Waals surface area contributed by atoms with Crippen LogP contribution in [0.4, 0.5) is 0 Å². The maximum atomic E-state index is 10.7. The van der Waals surface area contributed by atoms with E-state index in [1.807, 2.05) is 0 Å². The van der Waals surface area contributed by atoms with E-state index in [2.05, 4.69) is 32.3 Å². The highest BCUT2D eigenvalue weighted by Crippen LogP contribution is 2.17. The Kier molecular flexibility index (Phi) is 2.07. The second kappa shape index (κ2) is 2.51. The van der Waals surface area contributed by atoms with Crippen LogP contribution in [0.3, 0.4) is 0 Å². The lowest BCUT2D eigenvalue weighted by molar-refractivity contribution is -0.121. The van der Waals surface area contributed by atoms with Crippen LogP contribution in [-0.2, 0) is 4.79 Å². The number of hydrogen-bond donors (Lipinski definition) is 0. The molecule has 1 amide bonds. The molecule has 0 atom stereocenters. The SMILES string of the molecule is O=C1CN(Br)C(=S)N1Br. The van der Waals surface area contributed by atoms with E-state index in [0.29, 0.717) is 11.7 Å². The fraction of sp³-hybridized carbons (Fsp3) is 0.333. The van der Waals surface area contributed by atoms with Crippen molar-refractivity contribution in [2.75, 3.05) is 6.54 Å². The van der Waals surface area contributed by atoms with Crippen molar-refractivity contribution in [2.45, 2.75) is 0 Å². The third-order valence-corrected chi connectivity index (χ3v) is 3.06. The Morgan fingerprint density at radius 3 is 2.22 bits per heavy atom. The van der Waals surface area contributed by atoms with Crippen LogP contribution >= 0.6 is 44.5 Å². The predicted molar refractivity (Wildman–Crippen MR) is 44.0 cm³/mol. The summed E-state index contributed by atoms with van der Waals surface area (Å²) in [6, 6.07) is 0. The zero-order valence-corrected chi connectivity index (χ0v) is 8.16. The monoisotopic (exact) mass is 272 g/mol. The number of carbonyl (C=O) groups excluding carboxylic acids is 1. The summed E-state index contributed by atoms with van der Waals surface area (Å²) < 4.78 is 2.76. The first-order chi connectivity index (χ1) is 4.13. The third-order valence-electron chi connectivity index (χ3n) is 0.869. The summed E-state index contributed by atoms with van der Waals surface area (Å²) in [7, 11) is 0. The number of halogens is 2. The summed E-state index contributed by atoms with van der Waals surface area (Å²) >= 11 is 10.8. The zero-order valence-electron chi connectivity index (χ0n) is 4.17. The van der Waals surface area contributed by atoms with Crippen LogP contribution in [0.25, 0.3) is 0 Å². The number of thiocarbonyl (C=S) groups is 1. The van der Waals surface area contributed by atoms with Crippen molar-refractivity contribution in [3.05, 3.63) is 0 Å². The standard InChI is InChI=1S/C3H2Br2N2OS/c4-6-1-2(8)7(5)3(6)9/h1H2. The van der Waals surface area contributed by atoms with Crippen molar-refractivity contribution < 1.29 is 4.79 Å². The average molecular weight is 274 g/mol. The molecule has 0 saturated carbocycles. The second-order valence-corrected chi connectivity index (χ2v) is 3.41. The molecule has 3 nitrogen and oxygen atoms in total. The van der Waals surface area contributed by atoms with E-state index >= 15 is 0 Å². The smallest absolute Gasteiger partial charge is 0.259 e. The lowest BCUT2D eigenvalue weighted by Crippen LogP contribution is -2.18. The summed E-state index contributed by atoms with van der Waals surface area (Å²) in [5.41, 5.74) is 0. The highest BCUT2D eigenvalue weighted by atomic mass is 79.9. The van der Waals surface area contributed by atoms with Gasteiger partial charge in [-0.2, -0.15) is 0 Å². The van der Waals surface area contributed by atoms with Crippen LogP contribution in [0.15, 0.2) is 0 Å². The van der Waals surface area contributed by atoms with Crippen LogP contribution < -0.4 is 0 Å². The van der Waals surface area contributed by atoms with Gasteiger partial charge in [-0.3, -0.25) is 8.72 Å². The van der Waals surface area contributed by atoms with E-state index in [9.17, 15) is 4.79 Å². The molecule has 0 aliphatic carbocycles. The summed E-state index contributed by atoms with van der Waals surface area (Å²) in [4.78, 5) is 10.7. The Labute approximate surface area is 74.7 Å². The van der Waals surface area contributed by atoms with E-state index in [4.69, 9.17) is 12.2 Å². The van der Waals surface area contributed by atoms with E-state index in [0.717, 1.165) is 0 Å². The molecule has 0 spiro atoms. The number of amides is 1. The van der Waals surface area contributed by atoms with Gasteiger partial charge in [-0.15, -0.1) is 0 Å². The Morgan fingerprint density at radius 1 is 1.56 bits per heavy atom. The summed E-state index contributed by atoms with van der Waals surface area (Å²) in [5, 5.41) is 0.444. The van der Waals surface area contributed by atoms with E-state index in [1.54, 1.807) is 0 Å². The van der Waals surface area contributed by atoms with Crippen LogP contribution in [0, 0.1) is 0 Å². The Bertz CT molecular complexity index is 173. The molecule has 9 heavy (non-hydrogen) atoms. The number of rotatable bonds is 0. The minimum absolute atomic E-state index is 0.0584. The quantitative estimate of drug-likeness (QED) is 0.487. The van der Waals surface area contributed by atoms with Gasteiger partial charge in [-0.1, -0.05) is 0 Å². The first-order valence-electron chi connectivity index (χ1n) is 2.09. The molecule has 1 fully saturated rings. The number of carbonyl (C=O) groups is 1. The van der Waals surface area contributed by atoms with Crippen molar-refractivity contribution in [1.29, 1.82) is 0 Å². The maximum Gasteiger partial charge on any atom is 0.259 e. The van der Waals surface area contributed by atoms with Gasteiger partial charge in [0.1, 0.15) is 6.54 Å². The largest absolute Gasteiger partial charge is 0.275 e. The van der Waals surface area contributed by atoms with Crippen LogP contribution in [0.5, 0.6) is 0 Å². The molecular weight excluding hydrogens is 272 g/mol. The van der Waals surface area contributed by atoms with Gasteiger partial charge in [0, 0.05) is 0 Å². The first-order valence-corrected chi connectivity index (χ1v) is 3.91. The molecular formula is C3H2Br2N2OS. The summed E-state index contributed by atoms with van der Waals surface area (Å²) in [6.07, 6.45) is 0. The fourth-order valence-electron chi connectivity index (χ4n) is 0.450. The Morgan fingerprint density at radius 2 is 2.11 bits per heavy atom. The van der Waals surface area contributed by atoms with Gasteiger partial charge < -0.3 is 0 Å². The predicted octanol–water partition coefficient (Wildman–Crippen LogP) is 1.04. The van der Waals surface area contributed by atoms with Gasteiger partial charge in [-0.05, 0) is 12.2 Å². The van der Waals surface area contributed by atoms with E-state index < -0.39 is 0 Å². The highest BCUT2D eigenvalue weighted by molar-refractivity contribution is 9.08. The number of hydrogen-bond acceptors (Lipinski definition) is 2. The molecule has 1 saturated heterocycles. The van der Waals surface area contributed by atoms with Crippen molar-refractivity contribution in [3.63, 3.8) is 0 Å². The second-order valence-electron chi connectivity index (χ2n) is 1.48. The molecule has 50 valence electrons. The van der Waals surface area contributed by atoms with Crippen molar-refractivity contribution in [1.82, 2.24) is 7.85 Å². The molecule has 1 aliphatic heterocycles. The van der Waals surface area contributed by atoms with Gasteiger partial charge in [0.15, 0.2) is 5.11 Å². The molecule has 0 bridgehead atoms. The van der Waals surface area contributed by atoms with Crippen LogP contribution in [0.1, 0.15) is 0 Å². The van der Waals surface area contributed by atoms with Crippen molar-refractivity contribution >= 4 is 55.5 Å². The third kappa shape index (κ3) is 1.25. The molecule has 1 heterocycles. The Balaban J connectivity index is 2.77.